The molecule has 1 unspecified atom stereocenters. The molecule has 1 aliphatic heterocycles. The Morgan fingerprint density at radius 2 is 1.90 bits per heavy atom. The normalized spacial score (nSPS) is 15.2. The Bertz CT molecular complexity index is 1620. The summed E-state index contributed by atoms with van der Waals surface area (Å²) >= 11 is 1.44. The molecule has 40 heavy (non-hydrogen) atoms. The maximum absolute atomic E-state index is 12.7. The van der Waals surface area contributed by atoms with E-state index in [1.165, 1.54) is 11.3 Å². The zero-order chi connectivity index (χ0) is 27.5. The van der Waals surface area contributed by atoms with Crippen molar-refractivity contribution < 1.29 is 14.3 Å². The minimum absolute atomic E-state index is 0.209. The monoisotopic (exact) mass is 554 g/mol. The van der Waals surface area contributed by atoms with E-state index >= 15 is 0 Å². The fourth-order valence-electron chi connectivity index (χ4n) is 4.95. The van der Waals surface area contributed by atoms with E-state index in [9.17, 15) is 4.79 Å². The number of carbonyl (C=O) groups is 1. The van der Waals surface area contributed by atoms with Crippen molar-refractivity contribution in [2.75, 3.05) is 25.5 Å². The van der Waals surface area contributed by atoms with Crippen molar-refractivity contribution in [2.24, 2.45) is 0 Å². The average molecular weight is 555 g/mol. The van der Waals surface area contributed by atoms with Gasteiger partial charge in [-0.1, -0.05) is 12.1 Å². The van der Waals surface area contributed by atoms with Gasteiger partial charge in [0, 0.05) is 35.3 Å². The average Bonchev–Trinajstić information content (AvgIpc) is 3.57. The fourth-order valence-corrected chi connectivity index (χ4v) is 5.61. The number of aryl methyl sites for hydroxylation is 1. The second-order valence-electron chi connectivity index (χ2n) is 9.80. The molecular weight excluding hydrogens is 524 g/mol. The molecule has 1 amide bonds. The third kappa shape index (κ3) is 5.54. The number of benzene rings is 2. The second-order valence-corrected chi connectivity index (χ2v) is 11.0. The van der Waals surface area contributed by atoms with Crippen molar-refractivity contribution >= 4 is 33.4 Å². The first kappa shape index (κ1) is 26.0. The van der Waals surface area contributed by atoms with Crippen LogP contribution in [0.3, 0.4) is 0 Å². The van der Waals surface area contributed by atoms with Crippen LogP contribution in [0.5, 0.6) is 17.2 Å². The van der Waals surface area contributed by atoms with Crippen molar-refractivity contribution in [2.45, 2.75) is 32.2 Å². The van der Waals surface area contributed by atoms with Crippen LogP contribution in [0.4, 0.5) is 5.13 Å². The number of rotatable bonds is 8. The van der Waals surface area contributed by atoms with Gasteiger partial charge in [-0.2, -0.15) is 5.10 Å². The van der Waals surface area contributed by atoms with Crippen LogP contribution in [0.25, 0.3) is 11.0 Å². The van der Waals surface area contributed by atoms with Gasteiger partial charge in [-0.15, -0.1) is 11.3 Å². The molecule has 1 atom stereocenters. The molecule has 0 saturated carbocycles. The summed E-state index contributed by atoms with van der Waals surface area (Å²) in [6.07, 6.45) is 5.64. The number of anilines is 1. The van der Waals surface area contributed by atoms with Gasteiger partial charge in [0.25, 0.3) is 5.91 Å². The maximum Gasteiger partial charge on any atom is 0.257 e. The van der Waals surface area contributed by atoms with Crippen LogP contribution in [0.2, 0.25) is 0 Å². The smallest absolute Gasteiger partial charge is 0.257 e. The van der Waals surface area contributed by atoms with E-state index in [0.29, 0.717) is 28.7 Å². The highest BCUT2D eigenvalue weighted by Crippen LogP contribution is 2.37. The van der Waals surface area contributed by atoms with Crippen molar-refractivity contribution in [3.63, 3.8) is 0 Å². The van der Waals surface area contributed by atoms with Crippen molar-refractivity contribution in [1.29, 1.82) is 0 Å². The molecule has 204 valence electrons. The molecule has 0 bridgehead atoms. The van der Waals surface area contributed by atoms with E-state index in [1.54, 1.807) is 43.8 Å². The van der Waals surface area contributed by atoms with Crippen LogP contribution >= 0.6 is 11.3 Å². The standard InChI is InChI=1S/C30H30N6O3S/c1-19-16-33-30(40-19)34-29(37)21-7-11-24(12-8-21)39-25-13-15-32-28-26(25)27(22-4-3-14-31-17-22)35-36(28)18-20-5-9-23(38-2)10-6-20/h5-13,15-16,22,31H,3-4,14,17-18H2,1-2H3,(H,33,34,37). The van der Waals surface area contributed by atoms with Gasteiger partial charge in [0.05, 0.1) is 24.7 Å². The molecular formula is C30H30N6O3S. The summed E-state index contributed by atoms with van der Waals surface area (Å²) in [6, 6.07) is 17.0. The summed E-state index contributed by atoms with van der Waals surface area (Å²) in [4.78, 5) is 22.6. The predicted octanol–water partition coefficient (Wildman–Crippen LogP) is 5.76. The first-order chi connectivity index (χ1) is 19.6. The molecule has 4 heterocycles. The molecule has 1 fully saturated rings. The second kappa shape index (κ2) is 11.4. The number of nitrogens with one attached hydrogen (secondary N) is 2. The molecule has 1 aliphatic rings. The van der Waals surface area contributed by atoms with Crippen molar-refractivity contribution in [3.8, 4) is 17.2 Å². The molecule has 6 rings (SSSR count). The number of ether oxygens (including phenoxy) is 2. The lowest BCUT2D eigenvalue weighted by Gasteiger charge is -2.21. The van der Waals surface area contributed by atoms with Crippen LogP contribution in [0.1, 0.15) is 45.3 Å². The number of fused-ring (bicyclic) bond motifs is 1. The zero-order valence-corrected chi connectivity index (χ0v) is 23.2. The van der Waals surface area contributed by atoms with Gasteiger partial charge in [0.2, 0.25) is 0 Å². The molecule has 3 aromatic heterocycles. The molecule has 2 aromatic carbocycles. The Hall–Kier alpha value is -4.28. The predicted molar refractivity (Wildman–Crippen MR) is 156 cm³/mol. The summed E-state index contributed by atoms with van der Waals surface area (Å²) in [5, 5.41) is 12.9. The molecule has 1 saturated heterocycles. The molecule has 10 heteroatoms. The molecule has 0 radical (unpaired) electrons. The van der Waals surface area contributed by atoms with E-state index in [0.717, 1.165) is 58.8 Å². The number of hydrogen-bond donors (Lipinski definition) is 2. The molecule has 0 spiro atoms. The highest BCUT2D eigenvalue weighted by atomic mass is 32.1. The van der Waals surface area contributed by atoms with Crippen LogP contribution < -0.4 is 20.1 Å². The number of carbonyl (C=O) groups excluding carboxylic acids is 1. The lowest BCUT2D eigenvalue weighted by molar-refractivity contribution is 0.102. The summed E-state index contributed by atoms with van der Waals surface area (Å²) in [6.45, 7) is 4.42. The first-order valence-corrected chi connectivity index (χ1v) is 14.1. The van der Waals surface area contributed by atoms with E-state index in [4.69, 9.17) is 19.6 Å². The molecule has 5 aromatic rings. The number of methoxy groups -OCH3 is 1. The summed E-state index contributed by atoms with van der Waals surface area (Å²) in [5.41, 5.74) is 3.41. The van der Waals surface area contributed by atoms with E-state index in [1.807, 2.05) is 41.9 Å². The first-order valence-electron chi connectivity index (χ1n) is 13.3. The maximum atomic E-state index is 12.7. The van der Waals surface area contributed by atoms with Gasteiger partial charge in [-0.3, -0.25) is 10.1 Å². The van der Waals surface area contributed by atoms with E-state index < -0.39 is 0 Å². The molecule has 0 aliphatic carbocycles. The Morgan fingerprint density at radius 1 is 1.10 bits per heavy atom. The largest absolute Gasteiger partial charge is 0.497 e. The van der Waals surface area contributed by atoms with Gasteiger partial charge < -0.3 is 14.8 Å². The Balaban J connectivity index is 1.29. The number of hydrogen-bond acceptors (Lipinski definition) is 8. The molecule has 9 nitrogen and oxygen atoms in total. The zero-order valence-electron chi connectivity index (χ0n) is 22.4. The number of thiazole rings is 1. The quantitative estimate of drug-likeness (QED) is 0.251. The topological polar surface area (TPSA) is 103 Å². The SMILES string of the molecule is COc1ccc(Cn2nc(C3CCCNC3)c3c(Oc4ccc(C(=O)Nc5ncc(C)s5)cc4)ccnc32)cc1. The number of aromatic nitrogens is 4. The number of amides is 1. The third-order valence-corrected chi connectivity index (χ3v) is 7.81. The van der Waals surface area contributed by atoms with Crippen LogP contribution in [0, 0.1) is 6.92 Å². The van der Waals surface area contributed by atoms with Crippen LogP contribution in [0.15, 0.2) is 67.0 Å². The third-order valence-electron chi connectivity index (χ3n) is 6.98. The minimum Gasteiger partial charge on any atom is -0.497 e. The summed E-state index contributed by atoms with van der Waals surface area (Å²) in [7, 11) is 1.66. The van der Waals surface area contributed by atoms with E-state index in [-0.39, 0.29) is 11.8 Å². The summed E-state index contributed by atoms with van der Waals surface area (Å²) in [5.74, 6) is 2.20. The number of piperidine rings is 1. The van der Waals surface area contributed by atoms with Crippen LogP contribution in [-0.2, 0) is 6.54 Å². The fraction of sp³-hybridized carbons (Fsp3) is 0.267. The van der Waals surface area contributed by atoms with Gasteiger partial charge in [-0.25, -0.2) is 14.6 Å². The highest BCUT2D eigenvalue weighted by Gasteiger charge is 2.25. The van der Waals surface area contributed by atoms with Gasteiger partial charge in [0.15, 0.2) is 10.8 Å². The van der Waals surface area contributed by atoms with Crippen LogP contribution in [-0.4, -0.2) is 45.9 Å². The van der Waals surface area contributed by atoms with E-state index in [2.05, 4.69) is 15.6 Å². The minimum atomic E-state index is -0.209. The van der Waals surface area contributed by atoms with Gasteiger partial charge in [0.1, 0.15) is 17.2 Å². The molecule has 2 N–H and O–H groups in total. The Kier molecular flexibility index (Phi) is 7.43. The lowest BCUT2D eigenvalue weighted by atomic mass is 9.94. The summed E-state index contributed by atoms with van der Waals surface area (Å²) < 4.78 is 13.7. The van der Waals surface area contributed by atoms with Gasteiger partial charge >= 0.3 is 0 Å². The highest BCUT2D eigenvalue weighted by molar-refractivity contribution is 7.15. The van der Waals surface area contributed by atoms with Crippen molar-refractivity contribution in [1.82, 2.24) is 25.1 Å². The van der Waals surface area contributed by atoms with Gasteiger partial charge in [-0.05, 0) is 74.3 Å². The number of pyridine rings is 1. The lowest BCUT2D eigenvalue weighted by Crippen LogP contribution is -2.28. The number of nitrogens with zero attached hydrogens (tertiary/aromatic N) is 4. The van der Waals surface area contributed by atoms with Crippen molar-refractivity contribution in [3.05, 3.63) is 88.7 Å². The Labute approximate surface area is 236 Å². The Morgan fingerprint density at radius 3 is 2.60 bits per heavy atom.